The van der Waals surface area contributed by atoms with E-state index in [1.165, 1.54) is 28.5 Å². The average Bonchev–Trinajstić information content (AvgIpc) is 2.83. The van der Waals surface area contributed by atoms with Gasteiger partial charge in [0.25, 0.3) is 0 Å². The second-order valence-corrected chi connectivity index (χ2v) is 7.14. The van der Waals surface area contributed by atoms with E-state index in [2.05, 4.69) is 37.4 Å². The highest BCUT2D eigenvalue weighted by Gasteiger charge is 2.25. The van der Waals surface area contributed by atoms with Crippen molar-refractivity contribution in [1.82, 2.24) is 10.3 Å². The first-order valence-corrected chi connectivity index (χ1v) is 9.33. The van der Waals surface area contributed by atoms with Gasteiger partial charge in [0.1, 0.15) is 0 Å². The Labute approximate surface area is 125 Å². The summed E-state index contributed by atoms with van der Waals surface area (Å²) in [6, 6.07) is 1.07. The molecule has 0 saturated heterocycles. The molecule has 0 aliphatic heterocycles. The maximum atomic E-state index is 4.88. The predicted octanol–water partition coefficient (Wildman–Crippen LogP) is 3.32. The maximum Gasteiger partial charge on any atom is 0.185 e. The standard InChI is InChI=1S/C14H25N3S2/c1-5-15-11-7-6-8-12-13(11)19-14(16-12)17(3)10(2)9-18-4/h10-11,15H,5-9H2,1-4H3. The largest absolute Gasteiger partial charge is 0.348 e. The second-order valence-electron chi connectivity index (χ2n) is 5.23. The zero-order valence-corrected chi connectivity index (χ0v) is 14.0. The van der Waals surface area contributed by atoms with Crippen molar-refractivity contribution < 1.29 is 0 Å². The zero-order valence-electron chi connectivity index (χ0n) is 12.4. The molecule has 0 fully saturated rings. The quantitative estimate of drug-likeness (QED) is 0.872. The lowest BCUT2D eigenvalue weighted by atomic mass is 9.98. The molecular formula is C14H25N3S2. The molecule has 5 heteroatoms. The van der Waals surface area contributed by atoms with E-state index >= 15 is 0 Å². The molecule has 0 aromatic carbocycles. The minimum Gasteiger partial charge on any atom is -0.348 e. The second kappa shape index (κ2) is 6.95. The summed E-state index contributed by atoms with van der Waals surface area (Å²) in [5, 5.41) is 4.79. The van der Waals surface area contributed by atoms with E-state index in [-0.39, 0.29) is 0 Å². The summed E-state index contributed by atoms with van der Waals surface area (Å²) in [4.78, 5) is 8.70. The molecule has 1 aliphatic carbocycles. The molecule has 0 spiro atoms. The van der Waals surface area contributed by atoms with Crippen LogP contribution in [-0.2, 0) is 6.42 Å². The van der Waals surface area contributed by atoms with Crippen LogP contribution < -0.4 is 10.2 Å². The van der Waals surface area contributed by atoms with Gasteiger partial charge in [0, 0.05) is 29.8 Å². The van der Waals surface area contributed by atoms with Gasteiger partial charge in [-0.2, -0.15) is 11.8 Å². The molecule has 1 aromatic rings. The van der Waals surface area contributed by atoms with Crippen LogP contribution in [0.15, 0.2) is 0 Å². The molecule has 0 saturated carbocycles. The molecule has 1 aliphatic rings. The third-order valence-corrected chi connectivity index (χ3v) is 5.88. The number of fused-ring (bicyclic) bond motifs is 1. The number of hydrogen-bond donors (Lipinski definition) is 1. The highest BCUT2D eigenvalue weighted by atomic mass is 32.2. The number of thioether (sulfide) groups is 1. The van der Waals surface area contributed by atoms with Crippen molar-refractivity contribution in [2.75, 3.05) is 30.5 Å². The van der Waals surface area contributed by atoms with E-state index in [9.17, 15) is 0 Å². The Morgan fingerprint density at radius 2 is 2.37 bits per heavy atom. The number of hydrogen-bond acceptors (Lipinski definition) is 5. The Balaban J connectivity index is 2.16. The normalized spacial score (nSPS) is 20.1. The Morgan fingerprint density at radius 3 is 3.05 bits per heavy atom. The molecule has 0 bridgehead atoms. The number of anilines is 1. The van der Waals surface area contributed by atoms with Gasteiger partial charge < -0.3 is 10.2 Å². The van der Waals surface area contributed by atoms with Gasteiger partial charge in [0.15, 0.2) is 5.13 Å². The lowest BCUT2D eigenvalue weighted by Crippen LogP contribution is -2.30. The SMILES string of the molecule is CCNC1CCCc2nc(N(C)C(C)CSC)sc21. The summed E-state index contributed by atoms with van der Waals surface area (Å²) >= 11 is 3.79. The van der Waals surface area contributed by atoms with Crippen molar-refractivity contribution in [1.29, 1.82) is 0 Å². The van der Waals surface area contributed by atoms with E-state index in [4.69, 9.17) is 4.98 Å². The first kappa shape index (κ1) is 15.1. The minimum atomic E-state index is 0.532. The number of aromatic nitrogens is 1. The van der Waals surface area contributed by atoms with Crippen LogP contribution in [0.1, 0.15) is 43.3 Å². The van der Waals surface area contributed by atoms with Gasteiger partial charge in [0.05, 0.1) is 5.69 Å². The molecule has 0 radical (unpaired) electrons. The van der Waals surface area contributed by atoms with E-state index < -0.39 is 0 Å². The fourth-order valence-corrected chi connectivity index (χ4v) is 4.53. The van der Waals surface area contributed by atoms with Gasteiger partial charge >= 0.3 is 0 Å². The lowest BCUT2D eigenvalue weighted by molar-refractivity contribution is 0.476. The lowest BCUT2D eigenvalue weighted by Gasteiger charge is -2.23. The molecule has 3 nitrogen and oxygen atoms in total. The van der Waals surface area contributed by atoms with Crippen LogP contribution in [0.5, 0.6) is 0 Å². The van der Waals surface area contributed by atoms with Crippen molar-refractivity contribution in [3.63, 3.8) is 0 Å². The van der Waals surface area contributed by atoms with Crippen LogP contribution in [0.25, 0.3) is 0 Å². The monoisotopic (exact) mass is 299 g/mol. The Morgan fingerprint density at radius 1 is 1.58 bits per heavy atom. The minimum absolute atomic E-state index is 0.532. The van der Waals surface area contributed by atoms with Crippen LogP contribution >= 0.6 is 23.1 Å². The van der Waals surface area contributed by atoms with E-state index in [0.29, 0.717) is 12.1 Å². The molecular weight excluding hydrogens is 274 g/mol. The molecule has 1 aromatic heterocycles. The van der Waals surface area contributed by atoms with Crippen LogP contribution in [0.2, 0.25) is 0 Å². The summed E-state index contributed by atoms with van der Waals surface area (Å²) in [7, 11) is 2.17. The van der Waals surface area contributed by atoms with Crippen LogP contribution in [0.3, 0.4) is 0 Å². The average molecular weight is 300 g/mol. The van der Waals surface area contributed by atoms with Gasteiger partial charge in [-0.25, -0.2) is 4.98 Å². The number of aryl methyl sites for hydroxylation is 1. The summed E-state index contributed by atoms with van der Waals surface area (Å²) < 4.78 is 0. The molecule has 19 heavy (non-hydrogen) atoms. The zero-order chi connectivity index (χ0) is 13.8. The molecule has 0 amide bonds. The predicted molar refractivity (Wildman–Crippen MR) is 87.7 cm³/mol. The fourth-order valence-electron chi connectivity index (χ4n) is 2.54. The first-order chi connectivity index (χ1) is 9.17. The molecule has 1 heterocycles. The van der Waals surface area contributed by atoms with E-state index in [0.717, 1.165) is 18.7 Å². The summed E-state index contributed by atoms with van der Waals surface area (Å²) in [5.74, 6) is 1.15. The number of thiazole rings is 1. The van der Waals surface area contributed by atoms with Gasteiger partial charge in [-0.1, -0.05) is 18.3 Å². The Hall–Kier alpha value is -0.260. The van der Waals surface area contributed by atoms with Crippen molar-refractivity contribution in [2.24, 2.45) is 0 Å². The van der Waals surface area contributed by atoms with Gasteiger partial charge in [-0.05, 0) is 39.0 Å². The van der Waals surface area contributed by atoms with Crippen molar-refractivity contribution >= 4 is 28.2 Å². The molecule has 2 atom stereocenters. The summed E-state index contributed by atoms with van der Waals surface area (Å²) in [5.41, 5.74) is 1.33. The molecule has 2 rings (SSSR count). The summed E-state index contributed by atoms with van der Waals surface area (Å²) in [6.07, 6.45) is 5.83. The molecule has 108 valence electrons. The smallest absolute Gasteiger partial charge is 0.185 e. The van der Waals surface area contributed by atoms with E-state index in [1.807, 2.05) is 23.1 Å². The van der Waals surface area contributed by atoms with Crippen molar-refractivity contribution in [3.05, 3.63) is 10.6 Å². The maximum absolute atomic E-state index is 4.88. The van der Waals surface area contributed by atoms with Crippen LogP contribution in [0.4, 0.5) is 5.13 Å². The highest BCUT2D eigenvalue weighted by Crippen LogP contribution is 2.37. The Kier molecular flexibility index (Phi) is 5.54. The molecule has 2 unspecified atom stereocenters. The van der Waals surface area contributed by atoms with Gasteiger partial charge in [0.2, 0.25) is 0 Å². The topological polar surface area (TPSA) is 28.2 Å². The highest BCUT2D eigenvalue weighted by molar-refractivity contribution is 7.98. The van der Waals surface area contributed by atoms with Gasteiger partial charge in [-0.3, -0.25) is 0 Å². The first-order valence-electron chi connectivity index (χ1n) is 7.12. The van der Waals surface area contributed by atoms with Crippen molar-refractivity contribution in [2.45, 2.75) is 45.2 Å². The number of nitrogens with zero attached hydrogens (tertiary/aromatic N) is 2. The summed E-state index contributed by atoms with van der Waals surface area (Å²) in [6.45, 7) is 5.50. The van der Waals surface area contributed by atoms with Crippen molar-refractivity contribution in [3.8, 4) is 0 Å². The van der Waals surface area contributed by atoms with Gasteiger partial charge in [-0.15, -0.1) is 0 Å². The Bertz CT molecular complexity index is 405. The third-order valence-electron chi connectivity index (χ3n) is 3.76. The molecule has 1 N–H and O–H groups in total. The van der Waals surface area contributed by atoms with E-state index in [1.54, 1.807) is 0 Å². The fraction of sp³-hybridized carbons (Fsp3) is 0.786. The number of rotatable bonds is 6. The van der Waals surface area contributed by atoms with Crippen LogP contribution in [0, 0.1) is 0 Å². The third kappa shape index (κ3) is 3.44. The van der Waals surface area contributed by atoms with Crippen LogP contribution in [-0.4, -0.2) is 36.6 Å². The number of nitrogens with one attached hydrogen (secondary N) is 1.